The lowest BCUT2D eigenvalue weighted by molar-refractivity contribution is 0.0443. The zero-order chi connectivity index (χ0) is 17.1. The second-order valence-corrected chi connectivity index (χ2v) is 5.11. The van der Waals surface area contributed by atoms with E-state index in [2.05, 4.69) is 4.74 Å². The van der Waals surface area contributed by atoms with Crippen molar-refractivity contribution in [3.05, 3.63) is 46.9 Å². The lowest BCUT2D eigenvalue weighted by Crippen LogP contribution is -2.16. The van der Waals surface area contributed by atoms with Crippen LogP contribution in [-0.2, 0) is 16.1 Å². The van der Waals surface area contributed by atoms with Crippen LogP contribution < -0.4 is 9.47 Å². The van der Waals surface area contributed by atoms with Gasteiger partial charge < -0.3 is 23.4 Å². The summed E-state index contributed by atoms with van der Waals surface area (Å²) in [4.78, 5) is 23.7. The number of rotatable bonds is 4. The van der Waals surface area contributed by atoms with Crippen LogP contribution in [0.5, 0.6) is 11.5 Å². The fraction of sp³-hybridized carbons (Fsp3) is 0.294. The predicted molar refractivity (Wildman–Crippen MR) is 81.3 cm³/mol. The first kappa shape index (κ1) is 15.9. The van der Waals surface area contributed by atoms with E-state index in [9.17, 15) is 9.59 Å². The molecule has 0 fully saturated rings. The van der Waals surface area contributed by atoms with Crippen molar-refractivity contribution >= 4 is 11.9 Å². The number of methoxy groups -OCH3 is 1. The van der Waals surface area contributed by atoms with Crippen LogP contribution in [0.1, 0.15) is 32.2 Å². The van der Waals surface area contributed by atoms with E-state index in [4.69, 9.17) is 18.6 Å². The minimum Gasteiger partial charge on any atom is -0.486 e. The molecular formula is C17H16O7. The van der Waals surface area contributed by atoms with Crippen molar-refractivity contribution in [1.82, 2.24) is 0 Å². The van der Waals surface area contributed by atoms with Gasteiger partial charge in [-0.25, -0.2) is 9.59 Å². The molecular weight excluding hydrogens is 316 g/mol. The molecule has 2 aromatic rings. The van der Waals surface area contributed by atoms with Gasteiger partial charge in [-0.15, -0.1) is 0 Å². The Morgan fingerprint density at radius 2 is 1.83 bits per heavy atom. The number of furan rings is 1. The Hall–Kier alpha value is -2.96. The van der Waals surface area contributed by atoms with Crippen molar-refractivity contribution < 1.29 is 33.0 Å². The third-order valence-electron chi connectivity index (χ3n) is 3.50. The van der Waals surface area contributed by atoms with E-state index in [0.29, 0.717) is 47.4 Å². The number of hydrogen-bond acceptors (Lipinski definition) is 7. The Kier molecular flexibility index (Phi) is 4.41. The van der Waals surface area contributed by atoms with E-state index in [-0.39, 0.29) is 6.61 Å². The van der Waals surface area contributed by atoms with Crippen LogP contribution >= 0.6 is 0 Å². The van der Waals surface area contributed by atoms with E-state index >= 15 is 0 Å². The van der Waals surface area contributed by atoms with Crippen molar-refractivity contribution in [2.24, 2.45) is 0 Å². The van der Waals surface area contributed by atoms with Gasteiger partial charge in [-0.3, -0.25) is 0 Å². The maximum absolute atomic E-state index is 12.1. The van der Waals surface area contributed by atoms with Gasteiger partial charge in [0.2, 0.25) is 0 Å². The van der Waals surface area contributed by atoms with Crippen LogP contribution in [0.3, 0.4) is 0 Å². The zero-order valence-corrected chi connectivity index (χ0v) is 13.3. The molecule has 0 unspecified atom stereocenters. The lowest BCUT2D eigenvalue weighted by atomic mass is 10.2. The molecule has 0 amide bonds. The van der Waals surface area contributed by atoms with Crippen molar-refractivity contribution in [2.45, 2.75) is 13.5 Å². The van der Waals surface area contributed by atoms with Crippen molar-refractivity contribution in [3.63, 3.8) is 0 Å². The third-order valence-corrected chi connectivity index (χ3v) is 3.50. The number of ether oxygens (including phenoxy) is 4. The van der Waals surface area contributed by atoms with E-state index in [0.717, 1.165) is 0 Å². The SMILES string of the molecule is COC(=O)c1cc(COC(=O)c2ccc3c(c2)OCCO3)oc1C. The monoisotopic (exact) mass is 332 g/mol. The number of carbonyl (C=O) groups is 2. The summed E-state index contributed by atoms with van der Waals surface area (Å²) in [6.45, 7) is 2.47. The molecule has 0 atom stereocenters. The molecule has 1 aromatic heterocycles. The van der Waals surface area contributed by atoms with E-state index < -0.39 is 11.9 Å². The number of esters is 2. The molecule has 2 heterocycles. The molecule has 0 bridgehead atoms. The van der Waals surface area contributed by atoms with Crippen molar-refractivity contribution in [2.75, 3.05) is 20.3 Å². The van der Waals surface area contributed by atoms with Crippen LogP contribution in [0.25, 0.3) is 0 Å². The highest BCUT2D eigenvalue weighted by molar-refractivity contribution is 5.91. The topological polar surface area (TPSA) is 84.2 Å². The second-order valence-electron chi connectivity index (χ2n) is 5.11. The molecule has 0 N–H and O–H groups in total. The smallest absolute Gasteiger partial charge is 0.341 e. The molecule has 1 aromatic carbocycles. The zero-order valence-electron chi connectivity index (χ0n) is 13.3. The molecule has 0 saturated heterocycles. The first-order valence-corrected chi connectivity index (χ1v) is 7.33. The summed E-state index contributed by atoms with van der Waals surface area (Å²) in [5, 5.41) is 0. The molecule has 24 heavy (non-hydrogen) atoms. The molecule has 126 valence electrons. The summed E-state index contributed by atoms with van der Waals surface area (Å²) >= 11 is 0. The fourth-order valence-corrected chi connectivity index (χ4v) is 2.32. The Labute approximate surface area is 138 Å². The quantitative estimate of drug-likeness (QED) is 0.795. The molecule has 3 rings (SSSR count). The molecule has 0 radical (unpaired) electrons. The van der Waals surface area contributed by atoms with Gasteiger partial charge in [0.15, 0.2) is 11.5 Å². The van der Waals surface area contributed by atoms with Gasteiger partial charge in [0.25, 0.3) is 0 Å². The minimum atomic E-state index is -0.527. The highest BCUT2D eigenvalue weighted by Gasteiger charge is 2.18. The van der Waals surface area contributed by atoms with Gasteiger partial charge in [-0.1, -0.05) is 0 Å². The summed E-state index contributed by atoms with van der Waals surface area (Å²) in [5.74, 6) is 0.854. The highest BCUT2D eigenvalue weighted by atomic mass is 16.6. The third kappa shape index (κ3) is 3.19. The van der Waals surface area contributed by atoms with E-state index in [1.54, 1.807) is 25.1 Å². The Bertz CT molecular complexity index is 775. The van der Waals surface area contributed by atoms with Crippen molar-refractivity contribution in [3.8, 4) is 11.5 Å². The standard InChI is InChI=1S/C17H16O7/c1-10-13(17(19)20-2)8-12(24-10)9-23-16(18)11-3-4-14-15(7-11)22-6-5-21-14/h3-4,7-8H,5-6,9H2,1-2H3. The second kappa shape index (κ2) is 6.66. The summed E-state index contributed by atoms with van der Waals surface area (Å²) in [5.41, 5.74) is 0.651. The number of benzene rings is 1. The lowest BCUT2D eigenvalue weighted by Gasteiger charge is -2.18. The maximum Gasteiger partial charge on any atom is 0.341 e. The van der Waals surface area contributed by atoms with Gasteiger partial charge in [0, 0.05) is 0 Å². The molecule has 0 saturated carbocycles. The van der Waals surface area contributed by atoms with E-state index in [1.807, 2.05) is 0 Å². The summed E-state index contributed by atoms with van der Waals surface area (Å²) < 4.78 is 26.1. The van der Waals surface area contributed by atoms with Gasteiger partial charge >= 0.3 is 11.9 Å². The summed E-state index contributed by atoms with van der Waals surface area (Å²) in [6, 6.07) is 6.34. The Balaban J connectivity index is 1.66. The highest BCUT2D eigenvalue weighted by Crippen LogP contribution is 2.31. The van der Waals surface area contributed by atoms with Crippen LogP contribution in [0.2, 0.25) is 0 Å². The maximum atomic E-state index is 12.1. The average molecular weight is 332 g/mol. The Morgan fingerprint density at radius 3 is 2.58 bits per heavy atom. The number of hydrogen-bond donors (Lipinski definition) is 0. The molecule has 1 aliphatic rings. The van der Waals surface area contributed by atoms with Crippen LogP contribution in [0.4, 0.5) is 0 Å². The molecule has 7 nitrogen and oxygen atoms in total. The molecule has 1 aliphatic heterocycles. The number of aryl methyl sites for hydroxylation is 1. The van der Waals surface area contributed by atoms with E-state index in [1.165, 1.54) is 13.2 Å². The van der Waals surface area contributed by atoms with Crippen LogP contribution in [0.15, 0.2) is 28.7 Å². The molecule has 7 heteroatoms. The van der Waals surface area contributed by atoms with Gasteiger partial charge in [0.05, 0.1) is 12.7 Å². The first-order valence-electron chi connectivity index (χ1n) is 7.33. The van der Waals surface area contributed by atoms with Crippen molar-refractivity contribution in [1.29, 1.82) is 0 Å². The fourth-order valence-electron chi connectivity index (χ4n) is 2.32. The first-order chi connectivity index (χ1) is 11.6. The van der Waals surface area contributed by atoms with Crippen LogP contribution in [-0.4, -0.2) is 32.3 Å². The normalized spacial score (nSPS) is 12.6. The average Bonchev–Trinajstić information content (AvgIpc) is 2.99. The Morgan fingerprint density at radius 1 is 1.08 bits per heavy atom. The predicted octanol–water partition coefficient (Wildman–Crippen LogP) is 2.50. The minimum absolute atomic E-state index is 0.0922. The molecule has 0 aliphatic carbocycles. The number of carbonyl (C=O) groups excluding carboxylic acids is 2. The van der Waals surface area contributed by atoms with Crippen LogP contribution in [0, 0.1) is 6.92 Å². The number of fused-ring (bicyclic) bond motifs is 1. The van der Waals surface area contributed by atoms with Gasteiger partial charge in [0.1, 0.15) is 36.9 Å². The van der Waals surface area contributed by atoms with Gasteiger partial charge in [-0.05, 0) is 31.2 Å². The molecule has 0 spiro atoms. The summed E-state index contributed by atoms with van der Waals surface area (Å²) in [6.07, 6.45) is 0. The van der Waals surface area contributed by atoms with Gasteiger partial charge in [-0.2, -0.15) is 0 Å². The largest absolute Gasteiger partial charge is 0.486 e. The summed E-state index contributed by atoms with van der Waals surface area (Å²) in [7, 11) is 1.29.